The molecule has 0 aliphatic carbocycles. The smallest absolute Gasteiger partial charge is 0.408 e. The summed E-state index contributed by atoms with van der Waals surface area (Å²) in [6.45, 7) is 5.75. The Morgan fingerprint density at radius 2 is 2.07 bits per heavy atom. The van der Waals surface area contributed by atoms with Crippen molar-refractivity contribution in [3.8, 4) is 0 Å². The zero-order chi connectivity index (χ0) is 20.2. The first-order chi connectivity index (χ1) is 12.5. The van der Waals surface area contributed by atoms with Gasteiger partial charge in [-0.05, 0) is 44.9 Å². The quantitative estimate of drug-likeness (QED) is 0.733. The van der Waals surface area contributed by atoms with Gasteiger partial charge in [-0.2, -0.15) is 0 Å². The Labute approximate surface area is 167 Å². The molecule has 2 N–H and O–H groups in total. The van der Waals surface area contributed by atoms with Crippen LogP contribution in [0.15, 0.2) is 28.7 Å². The van der Waals surface area contributed by atoms with Crippen molar-refractivity contribution >= 4 is 33.9 Å². The Kier molecular flexibility index (Phi) is 6.86. The molecule has 0 saturated carbocycles. The van der Waals surface area contributed by atoms with Crippen LogP contribution in [-0.2, 0) is 20.7 Å². The number of halogens is 1. The summed E-state index contributed by atoms with van der Waals surface area (Å²) in [5.41, 5.74) is 0.183. The molecule has 148 valence electrons. The molecule has 7 nitrogen and oxygen atoms in total. The monoisotopic (exact) mass is 440 g/mol. The van der Waals surface area contributed by atoms with Crippen molar-refractivity contribution in [1.29, 1.82) is 0 Å². The molecule has 1 saturated heterocycles. The van der Waals surface area contributed by atoms with E-state index in [0.717, 1.165) is 10.0 Å². The highest BCUT2D eigenvalue weighted by Gasteiger charge is 2.35. The van der Waals surface area contributed by atoms with Crippen LogP contribution in [0.25, 0.3) is 0 Å². The van der Waals surface area contributed by atoms with E-state index in [4.69, 9.17) is 9.84 Å². The fourth-order valence-corrected chi connectivity index (χ4v) is 3.38. The lowest BCUT2D eigenvalue weighted by atomic mass is 10.0. The third kappa shape index (κ3) is 6.53. The van der Waals surface area contributed by atoms with Crippen LogP contribution in [0.4, 0.5) is 4.79 Å². The van der Waals surface area contributed by atoms with Crippen molar-refractivity contribution < 1.29 is 24.2 Å². The molecule has 0 spiro atoms. The highest BCUT2D eigenvalue weighted by molar-refractivity contribution is 9.10. The van der Waals surface area contributed by atoms with Crippen molar-refractivity contribution in [3.63, 3.8) is 0 Å². The average molecular weight is 441 g/mol. The number of carboxylic acids is 1. The number of benzene rings is 1. The number of hydrogen-bond acceptors (Lipinski definition) is 4. The van der Waals surface area contributed by atoms with E-state index in [2.05, 4.69) is 21.2 Å². The summed E-state index contributed by atoms with van der Waals surface area (Å²) < 4.78 is 6.15. The van der Waals surface area contributed by atoms with E-state index in [0.29, 0.717) is 13.0 Å². The number of carbonyl (C=O) groups is 3. The minimum atomic E-state index is -0.908. The van der Waals surface area contributed by atoms with Crippen LogP contribution < -0.4 is 5.32 Å². The molecule has 2 rings (SSSR count). The third-order valence-electron chi connectivity index (χ3n) is 4.17. The number of rotatable bonds is 5. The molecule has 1 aromatic carbocycles. The normalized spacial score (nSPS) is 18.1. The molecule has 2 unspecified atom stereocenters. The molecule has 1 fully saturated rings. The topological polar surface area (TPSA) is 95.9 Å². The maximum absolute atomic E-state index is 13.0. The van der Waals surface area contributed by atoms with Crippen LogP contribution in [-0.4, -0.2) is 52.7 Å². The van der Waals surface area contributed by atoms with Crippen molar-refractivity contribution in [1.82, 2.24) is 10.2 Å². The predicted octanol–water partition coefficient (Wildman–Crippen LogP) is 2.82. The van der Waals surface area contributed by atoms with Gasteiger partial charge in [-0.3, -0.25) is 9.59 Å². The Hall–Kier alpha value is -2.09. The van der Waals surface area contributed by atoms with Crippen LogP contribution in [0.1, 0.15) is 32.8 Å². The Morgan fingerprint density at radius 3 is 2.63 bits per heavy atom. The van der Waals surface area contributed by atoms with Crippen LogP contribution in [0.3, 0.4) is 0 Å². The summed E-state index contributed by atoms with van der Waals surface area (Å²) in [6, 6.07) is 6.64. The first-order valence-corrected chi connectivity index (χ1v) is 9.60. The Balaban J connectivity index is 2.14. The maximum Gasteiger partial charge on any atom is 0.408 e. The van der Waals surface area contributed by atoms with Gasteiger partial charge in [0.05, 0.1) is 5.92 Å². The average Bonchev–Trinajstić information content (AvgIpc) is 3.02. The number of carboxylic acid groups (broad SMARTS) is 1. The van der Waals surface area contributed by atoms with Gasteiger partial charge >= 0.3 is 12.1 Å². The van der Waals surface area contributed by atoms with Gasteiger partial charge in [0.15, 0.2) is 0 Å². The third-order valence-corrected chi connectivity index (χ3v) is 4.66. The molecule has 27 heavy (non-hydrogen) atoms. The van der Waals surface area contributed by atoms with Crippen LogP contribution >= 0.6 is 15.9 Å². The van der Waals surface area contributed by atoms with Crippen LogP contribution in [0, 0.1) is 5.92 Å². The number of hydrogen-bond donors (Lipinski definition) is 2. The van der Waals surface area contributed by atoms with E-state index in [1.807, 2.05) is 24.3 Å². The number of ether oxygens (including phenoxy) is 1. The molecule has 8 heteroatoms. The summed E-state index contributed by atoms with van der Waals surface area (Å²) in [4.78, 5) is 37.8. The molecular formula is C19H25BrN2O5. The summed E-state index contributed by atoms with van der Waals surface area (Å²) in [7, 11) is 0. The van der Waals surface area contributed by atoms with Gasteiger partial charge in [-0.1, -0.05) is 28.1 Å². The Bertz CT molecular complexity index is 716. The molecule has 2 amide bonds. The van der Waals surface area contributed by atoms with Gasteiger partial charge in [-0.15, -0.1) is 0 Å². The van der Waals surface area contributed by atoms with Gasteiger partial charge in [0.2, 0.25) is 5.91 Å². The Morgan fingerprint density at radius 1 is 1.37 bits per heavy atom. The number of aliphatic carboxylic acids is 1. The van der Waals surface area contributed by atoms with Crippen LogP contribution in [0.2, 0.25) is 0 Å². The second-order valence-electron chi connectivity index (χ2n) is 7.64. The fourth-order valence-electron chi connectivity index (χ4n) is 2.93. The van der Waals surface area contributed by atoms with Gasteiger partial charge in [0.25, 0.3) is 0 Å². The van der Waals surface area contributed by atoms with Gasteiger partial charge in [0.1, 0.15) is 11.6 Å². The highest BCUT2D eigenvalue weighted by atomic mass is 79.9. The van der Waals surface area contributed by atoms with Gasteiger partial charge in [-0.25, -0.2) is 4.79 Å². The largest absolute Gasteiger partial charge is 0.481 e. The number of amides is 2. The molecule has 1 aliphatic heterocycles. The van der Waals surface area contributed by atoms with E-state index in [9.17, 15) is 14.4 Å². The SMILES string of the molecule is CC(C)(C)OC(=O)NC(Cc1cccc(Br)c1)C(=O)N1CCC(C(=O)O)C1. The molecule has 2 atom stereocenters. The lowest BCUT2D eigenvalue weighted by Crippen LogP contribution is -2.50. The van der Waals surface area contributed by atoms with Crippen molar-refractivity contribution in [2.45, 2.75) is 45.3 Å². The zero-order valence-corrected chi connectivity index (χ0v) is 17.3. The van der Waals surface area contributed by atoms with Gasteiger partial charge < -0.3 is 20.1 Å². The summed E-state index contributed by atoms with van der Waals surface area (Å²) in [6.07, 6.45) is 0.0212. The molecule has 1 aromatic rings. The number of nitrogens with zero attached hydrogens (tertiary/aromatic N) is 1. The minimum Gasteiger partial charge on any atom is -0.481 e. The second kappa shape index (κ2) is 8.73. The number of nitrogens with one attached hydrogen (secondary N) is 1. The first-order valence-electron chi connectivity index (χ1n) is 8.80. The van der Waals surface area contributed by atoms with Crippen LogP contribution in [0.5, 0.6) is 0 Å². The lowest BCUT2D eigenvalue weighted by molar-refractivity contribution is -0.141. The van der Waals surface area contributed by atoms with E-state index in [1.165, 1.54) is 4.90 Å². The summed E-state index contributed by atoms with van der Waals surface area (Å²) in [5, 5.41) is 11.8. The molecular weight excluding hydrogens is 416 g/mol. The molecule has 1 heterocycles. The number of alkyl carbamates (subject to hydrolysis) is 1. The molecule has 0 aromatic heterocycles. The summed E-state index contributed by atoms with van der Waals surface area (Å²) >= 11 is 3.40. The zero-order valence-electron chi connectivity index (χ0n) is 15.7. The summed E-state index contributed by atoms with van der Waals surface area (Å²) in [5.74, 6) is -1.78. The van der Waals surface area contributed by atoms with Gasteiger partial charge in [0, 0.05) is 24.0 Å². The van der Waals surface area contributed by atoms with E-state index >= 15 is 0 Å². The predicted molar refractivity (Wildman–Crippen MR) is 103 cm³/mol. The number of carbonyl (C=O) groups excluding carboxylic acids is 2. The second-order valence-corrected chi connectivity index (χ2v) is 8.56. The highest BCUT2D eigenvalue weighted by Crippen LogP contribution is 2.19. The standard InChI is InChI=1S/C19H25BrN2O5/c1-19(2,3)27-18(26)21-15(10-12-5-4-6-14(20)9-12)16(23)22-8-7-13(11-22)17(24)25/h4-6,9,13,15H,7-8,10-11H2,1-3H3,(H,21,26)(H,24,25). The fraction of sp³-hybridized carbons (Fsp3) is 0.526. The van der Waals surface area contributed by atoms with Crippen molar-refractivity contribution in [2.75, 3.05) is 13.1 Å². The van der Waals surface area contributed by atoms with Crippen molar-refractivity contribution in [3.05, 3.63) is 34.3 Å². The molecule has 0 radical (unpaired) electrons. The maximum atomic E-state index is 13.0. The number of likely N-dealkylation sites (tertiary alicyclic amines) is 1. The van der Waals surface area contributed by atoms with Crippen molar-refractivity contribution in [2.24, 2.45) is 5.92 Å². The lowest BCUT2D eigenvalue weighted by Gasteiger charge is -2.26. The van der Waals surface area contributed by atoms with E-state index in [1.54, 1.807) is 20.8 Å². The molecule has 1 aliphatic rings. The van der Waals surface area contributed by atoms with E-state index < -0.39 is 29.6 Å². The minimum absolute atomic E-state index is 0.152. The van der Waals surface area contributed by atoms with E-state index in [-0.39, 0.29) is 18.9 Å². The first kappa shape index (κ1) is 21.2. The molecule has 0 bridgehead atoms.